The lowest BCUT2D eigenvalue weighted by atomic mass is 10.1. The predicted octanol–water partition coefficient (Wildman–Crippen LogP) is 4.59. The molecule has 0 amide bonds. The Bertz CT molecular complexity index is 578. The molecule has 2 aromatic carbocycles. The molecule has 4 heteroatoms. The van der Waals surface area contributed by atoms with Crippen molar-refractivity contribution in [3.05, 3.63) is 60.2 Å². The number of ether oxygens (including phenoxy) is 1. The van der Waals surface area contributed by atoms with Crippen molar-refractivity contribution in [2.45, 2.75) is 38.5 Å². The van der Waals surface area contributed by atoms with Crippen molar-refractivity contribution in [3.8, 4) is 11.5 Å². The average molecular weight is 317 g/mol. The van der Waals surface area contributed by atoms with Gasteiger partial charge in [-0.3, -0.25) is 0 Å². The fraction of sp³-hybridized carbons (Fsp3) is 0.333. The van der Waals surface area contributed by atoms with E-state index in [0.717, 1.165) is 17.1 Å². The first-order valence-corrected chi connectivity index (χ1v) is 8.52. The second kappa shape index (κ2) is 7.18. The molecule has 118 valence electrons. The quantitative estimate of drug-likeness (QED) is 0.820. The third kappa shape index (κ3) is 4.77. The highest BCUT2D eigenvalue weighted by atomic mass is 32.2. The predicted molar refractivity (Wildman–Crippen MR) is 92.4 cm³/mol. The van der Waals surface area contributed by atoms with Crippen molar-refractivity contribution in [1.29, 1.82) is 0 Å². The van der Waals surface area contributed by atoms with Crippen LogP contribution < -0.4 is 9.46 Å². The largest absolute Gasteiger partial charge is 0.598 e. The minimum atomic E-state index is -1.09. The summed E-state index contributed by atoms with van der Waals surface area (Å²) in [6.45, 7) is 7.88. The topological polar surface area (TPSA) is 44.3 Å². The van der Waals surface area contributed by atoms with Crippen molar-refractivity contribution in [2.75, 3.05) is 0 Å². The maximum atomic E-state index is 12.1. The molecule has 1 N–H and O–H groups in total. The van der Waals surface area contributed by atoms with Gasteiger partial charge in [0.05, 0.1) is 6.04 Å². The van der Waals surface area contributed by atoms with E-state index in [0.29, 0.717) is 0 Å². The summed E-state index contributed by atoms with van der Waals surface area (Å²) in [5.74, 6) is 1.61. The first kappa shape index (κ1) is 16.9. The molecule has 0 bridgehead atoms. The number of para-hydroxylation sites is 1. The summed E-state index contributed by atoms with van der Waals surface area (Å²) in [7, 11) is 0. The summed E-state index contributed by atoms with van der Waals surface area (Å²) in [4.78, 5) is 0. The standard InChI is InChI=1S/C18H23NO2S/c1-14(19-22(20)18(2,3)4)15-10-12-17(13-11-15)21-16-8-6-5-7-9-16/h5-14,19H,1-4H3/t14-,22?/m1/s1. The van der Waals surface area contributed by atoms with Crippen LogP contribution in [0, 0.1) is 0 Å². The lowest BCUT2D eigenvalue weighted by molar-refractivity contribution is 0.482. The van der Waals surface area contributed by atoms with Crippen molar-refractivity contribution < 1.29 is 9.29 Å². The number of nitrogens with one attached hydrogen (secondary N) is 1. The van der Waals surface area contributed by atoms with E-state index in [1.165, 1.54) is 0 Å². The first-order valence-electron chi connectivity index (χ1n) is 7.37. The lowest BCUT2D eigenvalue weighted by Gasteiger charge is -2.26. The summed E-state index contributed by atoms with van der Waals surface area (Å²) in [6.07, 6.45) is 0. The van der Waals surface area contributed by atoms with E-state index in [-0.39, 0.29) is 10.8 Å². The van der Waals surface area contributed by atoms with Gasteiger partial charge in [-0.1, -0.05) is 30.3 Å². The number of hydrogen-bond donors (Lipinski definition) is 1. The van der Waals surface area contributed by atoms with E-state index in [2.05, 4.69) is 4.72 Å². The molecule has 2 rings (SSSR count). The fourth-order valence-corrected chi connectivity index (χ4v) is 2.67. The number of benzene rings is 2. The third-order valence-corrected chi connectivity index (χ3v) is 4.88. The Balaban J connectivity index is 1.99. The normalized spacial score (nSPS) is 14.4. The molecule has 0 saturated heterocycles. The van der Waals surface area contributed by atoms with Gasteiger partial charge < -0.3 is 9.29 Å². The van der Waals surface area contributed by atoms with Gasteiger partial charge in [0.2, 0.25) is 0 Å². The summed E-state index contributed by atoms with van der Waals surface area (Å²) < 4.78 is 20.8. The Morgan fingerprint density at radius 1 is 0.955 bits per heavy atom. The summed E-state index contributed by atoms with van der Waals surface area (Å²) in [6, 6.07) is 17.6. The van der Waals surface area contributed by atoms with Crippen LogP contribution in [0.5, 0.6) is 11.5 Å². The molecule has 2 aromatic rings. The van der Waals surface area contributed by atoms with Gasteiger partial charge in [-0.05, 0) is 57.5 Å². The average Bonchev–Trinajstić information content (AvgIpc) is 2.48. The van der Waals surface area contributed by atoms with Gasteiger partial charge in [0.25, 0.3) is 0 Å². The number of hydrogen-bond acceptors (Lipinski definition) is 3. The van der Waals surface area contributed by atoms with Crippen molar-refractivity contribution >= 4 is 11.4 Å². The highest BCUT2D eigenvalue weighted by molar-refractivity contribution is 7.90. The van der Waals surface area contributed by atoms with Crippen LogP contribution in [0.25, 0.3) is 0 Å². The van der Waals surface area contributed by atoms with Crippen LogP contribution in [-0.4, -0.2) is 9.30 Å². The van der Waals surface area contributed by atoms with E-state index in [4.69, 9.17) is 4.74 Å². The Hall–Kier alpha value is -1.49. The van der Waals surface area contributed by atoms with E-state index in [9.17, 15) is 4.55 Å². The van der Waals surface area contributed by atoms with Crippen LogP contribution in [0.15, 0.2) is 54.6 Å². The van der Waals surface area contributed by atoms with Gasteiger partial charge >= 0.3 is 0 Å². The van der Waals surface area contributed by atoms with Crippen LogP contribution in [-0.2, 0) is 11.4 Å². The highest BCUT2D eigenvalue weighted by Gasteiger charge is 2.28. The molecule has 0 heterocycles. The molecule has 0 fully saturated rings. The molecule has 1 unspecified atom stereocenters. The first-order chi connectivity index (χ1) is 10.4. The molecule has 0 saturated carbocycles. The van der Waals surface area contributed by atoms with E-state index in [1.54, 1.807) is 0 Å². The minimum absolute atomic E-state index is 0.0193. The van der Waals surface area contributed by atoms with Gasteiger partial charge in [0, 0.05) is 11.4 Å². The summed E-state index contributed by atoms with van der Waals surface area (Å²) >= 11 is -1.09. The molecule has 0 aliphatic rings. The van der Waals surface area contributed by atoms with Gasteiger partial charge in [0.15, 0.2) is 0 Å². The molecular weight excluding hydrogens is 294 g/mol. The number of rotatable bonds is 5. The molecule has 0 spiro atoms. The molecule has 0 radical (unpaired) electrons. The molecule has 22 heavy (non-hydrogen) atoms. The zero-order chi connectivity index (χ0) is 16.2. The van der Waals surface area contributed by atoms with Crippen LogP contribution in [0.2, 0.25) is 0 Å². The summed E-state index contributed by atoms with van der Waals surface area (Å²) in [5, 5.41) is 0. The van der Waals surface area contributed by atoms with Gasteiger partial charge in [-0.25, -0.2) is 0 Å². The Labute approximate surface area is 136 Å². The molecular formula is C18H23NO2S. The Kier molecular flexibility index (Phi) is 5.51. The zero-order valence-corrected chi connectivity index (χ0v) is 14.3. The second-order valence-electron chi connectivity index (χ2n) is 6.20. The van der Waals surface area contributed by atoms with Crippen molar-refractivity contribution in [2.24, 2.45) is 0 Å². The van der Waals surface area contributed by atoms with Crippen LogP contribution in [0.1, 0.15) is 39.3 Å². The second-order valence-corrected chi connectivity index (χ2v) is 8.20. The van der Waals surface area contributed by atoms with Crippen molar-refractivity contribution in [1.82, 2.24) is 4.72 Å². The highest BCUT2D eigenvalue weighted by Crippen LogP contribution is 2.24. The van der Waals surface area contributed by atoms with Crippen LogP contribution in [0.4, 0.5) is 0 Å². The molecule has 2 atom stereocenters. The van der Waals surface area contributed by atoms with E-state index < -0.39 is 11.4 Å². The van der Waals surface area contributed by atoms with E-state index >= 15 is 0 Å². The maximum absolute atomic E-state index is 12.1. The van der Waals surface area contributed by atoms with Crippen LogP contribution in [0.3, 0.4) is 0 Å². The minimum Gasteiger partial charge on any atom is -0.598 e. The molecule has 0 aliphatic carbocycles. The third-order valence-electron chi connectivity index (χ3n) is 3.20. The van der Waals surface area contributed by atoms with Crippen LogP contribution >= 0.6 is 0 Å². The lowest BCUT2D eigenvalue weighted by Crippen LogP contribution is -2.40. The molecule has 0 aliphatic heterocycles. The Morgan fingerprint density at radius 2 is 1.50 bits per heavy atom. The smallest absolute Gasteiger partial charge is 0.136 e. The fourth-order valence-electron chi connectivity index (χ4n) is 1.85. The molecule has 3 nitrogen and oxygen atoms in total. The monoisotopic (exact) mass is 317 g/mol. The Morgan fingerprint density at radius 3 is 2.05 bits per heavy atom. The van der Waals surface area contributed by atoms with Gasteiger partial charge in [-0.2, -0.15) is 0 Å². The zero-order valence-electron chi connectivity index (χ0n) is 13.5. The molecule has 0 aromatic heterocycles. The van der Waals surface area contributed by atoms with Crippen molar-refractivity contribution in [3.63, 3.8) is 0 Å². The van der Waals surface area contributed by atoms with Gasteiger partial charge in [0.1, 0.15) is 16.2 Å². The van der Waals surface area contributed by atoms with Gasteiger partial charge in [-0.15, -0.1) is 4.72 Å². The van der Waals surface area contributed by atoms with E-state index in [1.807, 2.05) is 82.3 Å². The maximum Gasteiger partial charge on any atom is 0.136 e. The SMILES string of the molecule is C[C@@H](N[S+]([O-])C(C)(C)C)c1ccc(Oc2ccccc2)cc1. The summed E-state index contributed by atoms with van der Waals surface area (Å²) in [5.41, 5.74) is 1.08.